The third-order valence-corrected chi connectivity index (χ3v) is 6.20. The summed E-state index contributed by atoms with van der Waals surface area (Å²) in [6.07, 6.45) is 0.930. The van der Waals surface area contributed by atoms with Crippen LogP contribution in [0.25, 0.3) is 11.3 Å². The van der Waals surface area contributed by atoms with E-state index in [9.17, 15) is 13.2 Å². The fraction of sp³-hybridized carbons (Fsp3) is 0.304. The van der Waals surface area contributed by atoms with E-state index < -0.39 is 10.0 Å². The van der Waals surface area contributed by atoms with E-state index in [1.807, 2.05) is 36.4 Å². The van der Waals surface area contributed by atoms with Crippen molar-refractivity contribution in [1.82, 2.24) is 14.5 Å². The molecule has 2 aromatic carbocycles. The molecule has 8 nitrogen and oxygen atoms in total. The van der Waals surface area contributed by atoms with Crippen molar-refractivity contribution in [2.45, 2.75) is 19.9 Å². The molecule has 1 aromatic heterocycles. The summed E-state index contributed by atoms with van der Waals surface area (Å²) < 4.78 is 38.9. The molecule has 0 aliphatic rings. The topological polar surface area (TPSA) is 99.5 Å². The summed E-state index contributed by atoms with van der Waals surface area (Å²) >= 11 is 0. The van der Waals surface area contributed by atoms with Crippen molar-refractivity contribution in [3.8, 4) is 22.8 Å². The second-order valence-corrected chi connectivity index (χ2v) is 8.99. The Kier molecular flexibility index (Phi) is 8.02. The molecule has 0 unspecified atom stereocenters. The van der Waals surface area contributed by atoms with Gasteiger partial charge in [0.15, 0.2) is 0 Å². The van der Waals surface area contributed by atoms with Crippen molar-refractivity contribution < 1.29 is 17.9 Å². The quantitative estimate of drug-likeness (QED) is 0.475. The Hall–Kier alpha value is -3.17. The van der Waals surface area contributed by atoms with Crippen LogP contribution < -0.4 is 19.8 Å². The molecule has 0 amide bonds. The fourth-order valence-electron chi connectivity index (χ4n) is 2.99. The molecule has 1 N–H and O–H groups in total. The summed E-state index contributed by atoms with van der Waals surface area (Å²) in [6, 6.07) is 17.9. The monoisotopic (exact) mass is 457 g/mol. The standard InChI is InChI=1S/C23H27N3O5S/c1-3-18-4-8-21(9-5-18)31-16-17-32(28,29)24-14-15-26-23(27)13-12-22(25-26)19-6-10-20(30-2)11-7-19/h4-13,24H,3,14-17H2,1-2H3. The molecule has 9 heteroatoms. The number of ether oxygens (including phenoxy) is 2. The van der Waals surface area contributed by atoms with Crippen molar-refractivity contribution in [2.24, 2.45) is 0 Å². The van der Waals surface area contributed by atoms with E-state index in [0.717, 1.165) is 17.7 Å². The van der Waals surface area contributed by atoms with Gasteiger partial charge in [-0.05, 0) is 54.4 Å². The van der Waals surface area contributed by atoms with E-state index in [4.69, 9.17) is 9.47 Å². The molecule has 0 aliphatic carbocycles. The van der Waals surface area contributed by atoms with Gasteiger partial charge in [-0.3, -0.25) is 4.79 Å². The van der Waals surface area contributed by atoms with E-state index in [1.54, 1.807) is 25.3 Å². The molecular weight excluding hydrogens is 430 g/mol. The van der Waals surface area contributed by atoms with Crippen LogP contribution in [0.1, 0.15) is 12.5 Å². The summed E-state index contributed by atoms with van der Waals surface area (Å²) in [7, 11) is -1.96. The molecule has 3 aromatic rings. The van der Waals surface area contributed by atoms with Crippen LogP contribution in [0, 0.1) is 0 Å². The Labute approximate surface area is 187 Å². The van der Waals surface area contributed by atoms with Crippen molar-refractivity contribution >= 4 is 10.0 Å². The highest BCUT2D eigenvalue weighted by Gasteiger charge is 2.11. The highest BCUT2D eigenvalue weighted by Crippen LogP contribution is 2.19. The summed E-state index contributed by atoms with van der Waals surface area (Å²) in [5, 5.41) is 4.34. The van der Waals surface area contributed by atoms with Gasteiger partial charge in [0.25, 0.3) is 5.56 Å². The van der Waals surface area contributed by atoms with Gasteiger partial charge in [-0.25, -0.2) is 17.8 Å². The molecule has 0 aliphatic heterocycles. The third-order valence-electron chi connectivity index (χ3n) is 4.85. The van der Waals surface area contributed by atoms with Gasteiger partial charge in [-0.15, -0.1) is 0 Å². The smallest absolute Gasteiger partial charge is 0.266 e. The number of rotatable bonds is 11. The van der Waals surface area contributed by atoms with Crippen molar-refractivity contribution in [1.29, 1.82) is 0 Å². The normalized spacial score (nSPS) is 11.3. The van der Waals surface area contributed by atoms with Crippen LogP contribution in [-0.4, -0.2) is 44.2 Å². The van der Waals surface area contributed by atoms with Crippen LogP contribution in [0.2, 0.25) is 0 Å². The molecule has 0 bridgehead atoms. The predicted octanol–water partition coefficient (Wildman–Crippen LogP) is 2.48. The zero-order valence-electron chi connectivity index (χ0n) is 18.2. The molecule has 32 heavy (non-hydrogen) atoms. The maximum absolute atomic E-state index is 12.2. The lowest BCUT2D eigenvalue weighted by Gasteiger charge is -2.10. The van der Waals surface area contributed by atoms with Crippen molar-refractivity contribution in [3.63, 3.8) is 0 Å². The lowest BCUT2D eigenvalue weighted by Crippen LogP contribution is -2.34. The number of hydrogen-bond donors (Lipinski definition) is 1. The zero-order chi connectivity index (χ0) is 23.0. The Bertz CT molecular complexity index is 1170. The Balaban J connectivity index is 1.52. The minimum Gasteiger partial charge on any atom is -0.497 e. The maximum Gasteiger partial charge on any atom is 0.266 e. The lowest BCUT2D eigenvalue weighted by atomic mass is 10.1. The Morgan fingerprint density at radius 1 is 0.969 bits per heavy atom. The third kappa shape index (κ3) is 6.66. The predicted molar refractivity (Wildman–Crippen MR) is 124 cm³/mol. The number of aromatic nitrogens is 2. The second kappa shape index (κ2) is 10.9. The van der Waals surface area contributed by atoms with Crippen LogP contribution in [0.3, 0.4) is 0 Å². The first kappa shape index (κ1) is 23.5. The van der Waals surface area contributed by atoms with Gasteiger partial charge in [0.1, 0.15) is 18.1 Å². The number of nitrogens with one attached hydrogen (secondary N) is 1. The SMILES string of the molecule is CCc1ccc(OCCS(=O)(=O)NCCn2nc(-c3ccc(OC)cc3)ccc2=O)cc1. The molecule has 0 saturated heterocycles. The average molecular weight is 458 g/mol. The van der Waals surface area contributed by atoms with Gasteiger partial charge in [-0.1, -0.05) is 19.1 Å². The minimum absolute atomic E-state index is 0.0337. The number of hydrogen-bond acceptors (Lipinski definition) is 6. The number of aryl methyl sites for hydroxylation is 1. The van der Waals surface area contributed by atoms with Gasteiger partial charge in [-0.2, -0.15) is 5.10 Å². The highest BCUT2D eigenvalue weighted by atomic mass is 32.2. The zero-order valence-corrected chi connectivity index (χ0v) is 19.0. The van der Waals surface area contributed by atoms with Crippen LogP contribution in [0.15, 0.2) is 65.5 Å². The molecule has 0 fully saturated rings. The van der Waals surface area contributed by atoms with Gasteiger partial charge in [0.2, 0.25) is 10.0 Å². The van der Waals surface area contributed by atoms with Crippen LogP contribution in [-0.2, 0) is 23.0 Å². The van der Waals surface area contributed by atoms with Crippen LogP contribution in [0.4, 0.5) is 0 Å². The Morgan fingerprint density at radius 3 is 2.31 bits per heavy atom. The lowest BCUT2D eigenvalue weighted by molar-refractivity contribution is 0.340. The van der Waals surface area contributed by atoms with E-state index >= 15 is 0 Å². The fourth-order valence-corrected chi connectivity index (χ4v) is 3.84. The first-order valence-corrected chi connectivity index (χ1v) is 12.0. The van der Waals surface area contributed by atoms with Gasteiger partial charge < -0.3 is 9.47 Å². The van der Waals surface area contributed by atoms with E-state index in [2.05, 4.69) is 16.7 Å². The van der Waals surface area contributed by atoms with E-state index in [0.29, 0.717) is 11.4 Å². The highest BCUT2D eigenvalue weighted by molar-refractivity contribution is 7.89. The van der Waals surface area contributed by atoms with Gasteiger partial charge in [0.05, 0.1) is 25.1 Å². The van der Waals surface area contributed by atoms with E-state index in [-0.39, 0.29) is 31.0 Å². The molecule has 0 saturated carbocycles. The molecule has 0 radical (unpaired) electrons. The molecule has 0 atom stereocenters. The molecule has 170 valence electrons. The number of nitrogens with zero attached hydrogens (tertiary/aromatic N) is 2. The summed E-state index contributed by atoms with van der Waals surface area (Å²) in [5.41, 5.74) is 2.31. The maximum atomic E-state index is 12.2. The van der Waals surface area contributed by atoms with Crippen LogP contribution >= 0.6 is 0 Å². The largest absolute Gasteiger partial charge is 0.497 e. The summed E-state index contributed by atoms with van der Waals surface area (Å²) in [4.78, 5) is 12.1. The molecule has 0 spiro atoms. The number of sulfonamides is 1. The second-order valence-electron chi connectivity index (χ2n) is 7.07. The average Bonchev–Trinajstić information content (AvgIpc) is 2.80. The number of benzene rings is 2. The molecule has 3 rings (SSSR count). The van der Waals surface area contributed by atoms with Crippen LogP contribution in [0.5, 0.6) is 11.5 Å². The molecular formula is C23H27N3O5S. The first-order valence-electron chi connectivity index (χ1n) is 10.3. The summed E-state index contributed by atoms with van der Waals surface area (Å²) in [6.45, 7) is 2.26. The van der Waals surface area contributed by atoms with E-state index in [1.165, 1.54) is 16.3 Å². The molecule has 1 heterocycles. The van der Waals surface area contributed by atoms with Gasteiger partial charge >= 0.3 is 0 Å². The number of methoxy groups -OCH3 is 1. The minimum atomic E-state index is -3.55. The first-order chi connectivity index (χ1) is 15.4. The van der Waals surface area contributed by atoms with Gasteiger partial charge in [0, 0.05) is 18.2 Å². The van der Waals surface area contributed by atoms with Crippen molar-refractivity contribution in [2.75, 3.05) is 26.0 Å². The summed E-state index contributed by atoms with van der Waals surface area (Å²) in [5.74, 6) is 1.17. The Morgan fingerprint density at radius 2 is 1.66 bits per heavy atom. The van der Waals surface area contributed by atoms with Crippen molar-refractivity contribution in [3.05, 3.63) is 76.6 Å².